The van der Waals surface area contributed by atoms with Gasteiger partial charge in [-0.2, -0.15) is 5.26 Å². The standard InChI is InChI=1S/C10H10FNO/c11-9-5-3-8(4-6-9)10(13)2-1-7-12/h3-6,10,13H,1-2H2. The van der Waals surface area contributed by atoms with E-state index in [0.29, 0.717) is 18.4 Å². The summed E-state index contributed by atoms with van der Waals surface area (Å²) in [7, 11) is 0. The van der Waals surface area contributed by atoms with E-state index in [2.05, 4.69) is 0 Å². The zero-order valence-electron chi connectivity index (χ0n) is 7.07. The van der Waals surface area contributed by atoms with Gasteiger partial charge in [-0.15, -0.1) is 0 Å². The van der Waals surface area contributed by atoms with Crippen LogP contribution in [0.5, 0.6) is 0 Å². The molecule has 1 aromatic rings. The van der Waals surface area contributed by atoms with Crippen LogP contribution in [-0.4, -0.2) is 5.11 Å². The highest BCUT2D eigenvalue weighted by atomic mass is 19.1. The first-order chi connectivity index (χ1) is 6.24. The van der Waals surface area contributed by atoms with E-state index in [1.807, 2.05) is 6.07 Å². The summed E-state index contributed by atoms with van der Waals surface area (Å²) in [5.74, 6) is -0.323. The number of aliphatic hydroxyl groups excluding tert-OH is 1. The molecule has 1 rings (SSSR count). The van der Waals surface area contributed by atoms with Crippen molar-refractivity contribution in [3.63, 3.8) is 0 Å². The molecule has 0 saturated heterocycles. The Kier molecular flexibility index (Phi) is 3.41. The van der Waals surface area contributed by atoms with Gasteiger partial charge in [-0.25, -0.2) is 4.39 Å². The molecule has 13 heavy (non-hydrogen) atoms. The van der Waals surface area contributed by atoms with Crippen LogP contribution in [0.2, 0.25) is 0 Å². The molecule has 68 valence electrons. The number of nitrogens with zero attached hydrogens (tertiary/aromatic N) is 1. The second kappa shape index (κ2) is 4.58. The minimum atomic E-state index is -0.666. The molecule has 0 amide bonds. The molecule has 0 saturated carbocycles. The van der Waals surface area contributed by atoms with E-state index in [-0.39, 0.29) is 5.82 Å². The van der Waals surface area contributed by atoms with Gasteiger partial charge >= 0.3 is 0 Å². The Bertz CT molecular complexity index is 302. The smallest absolute Gasteiger partial charge is 0.123 e. The second-order valence-electron chi connectivity index (χ2n) is 2.76. The number of halogens is 1. The molecule has 0 heterocycles. The number of hydrogen-bond acceptors (Lipinski definition) is 2. The van der Waals surface area contributed by atoms with Crippen molar-refractivity contribution in [1.82, 2.24) is 0 Å². The molecular weight excluding hydrogens is 169 g/mol. The Morgan fingerprint density at radius 3 is 2.54 bits per heavy atom. The van der Waals surface area contributed by atoms with E-state index in [1.165, 1.54) is 24.3 Å². The first-order valence-corrected chi connectivity index (χ1v) is 4.04. The lowest BCUT2D eigenvalue weighted by atomic mass is 10.1. The van der Waals surface area contributed by atoms with Crippen LogP contribution in [-0.2, 0) is 0 Å². The highest BCUT2D eigenvalue weighted by Crippen LogP contribution is 2.17. The Morgan fingerprint density at radius 1 is 1.38 bits per heavy atom. The fourth-order valence-electron chi connectivity index (χ4n) is 1.05. The molecule has 0 aliphatic rings. The number of hydrogen-bond donors (Lipinski definition) is 1. The average molecular weight is 179 g/mol. The predicted molar refractivity (Wildman–Crippen MR) is 46.2 cm³/mol. The Balaban J connectivity index is 2.62. The molecule has 0 spiro atoms. The Hall–Kier alpha value is -1.40. The summed E-state index contributed by atoms with van der Waals surface area (Å²) >= 11 is 0. The minimum absolute atomic E-state index is 0.304. The second-order valence-corrected chi connectivity index (χ2v) is 2.76. The summed E-state index contributed by atoms with van der Waals surface area (Å²) in [6.07, 6.45) is 0.0287. The van der Waals surface area contributed by atoms with Crippen molar-refractivity contribution < 1.29 is 9.50 Å². The van der Waals surface area contributed by atoms with Crippen LogP contribution in [0.1, 0.15) is 24.5 Å². The van der Waals surface area contributed by atoms with Crippen LogP contribution in [0.3, 0.4) is 0 Å². The van der Waals surface area contributed by atoms with Crippen LogP contribution in [0.4, 0.5) is 4.39 Å². The maximum absolute atomic E-state index is 12.5. The van der Waals surface area contributed by atoms with Crippen LogP contribution in [0.25, 0.3) is 0 Å². The van der Waals surface area contributed by atoms with Crippen LogP contribution < -0.4 is 0 Å². The van der Waals surface area contributed by atoms with E-state index in [1.54, 1.807) is 0 Å². The van der Waals surface area contributed by atoms with Gasteiger partial charge in [0, 0.05) is 6.42 Å². The summed E-state index contributed by atoms with van der Waals surface area (Å²) in [5, 5.41) is 17.8. The number of aliphatic hydroxyl groups is 1. The molecule has 3 heteroatoms. The van der Waals surface area contributed by atoms with Gasteiger partial charge in [-0.1, -0.05) is 12.1 Å². The molecule has 1 aromatic carbocycles. The summed E-state index contributed by atoms with van der Waals surface area (Å²) in [6.45, 7) is 0. The molecule has 1 N–H and O–H groups in total. The lowest BCUT2D eigenvalue weighted by molar-refractivity contribution is 0.169. The summed E-state index contributed by atoms with van der Waals surface area (Å²) in [4.78, 5) is 0. The predicted octanol–water partition coefficient (Wildman–Crippen LogP) is 2.16. The molecular formula is C10H10FNO. The number of benzene rings is 1. The van der Waals surface area contributed by atoms with Crippen LogP contribution in [0, 0.1) is 17.1 Å². The maximum atomic E-state index is 12.5. The van der Waals surface area contributed by atoms with E-state index in [9.17, 15) is 9.50 Å². The zero-order chi connectivity index (χ0) is 9.68. The number of nitriles is 1. The van der Waals surface area contributed by atoms with E-state index in [4.69, 9.17) is 5.26 Å². The topological polar surface area (TPSA) is 44.0 Å². The monoisotopic (exact) mass is 179 g/mol. The highest BCUT2D eigenvalue weighted by molar-refractivity contribution is 5.18. The van der Waals surface area contributed by atoms with Crippen molar-refractivity contribution in [3.8, 4) is 6.07 Å². The molecule has 2 nitrogen and oxygen atoms in total. The van der Waals surface area contributed by atoms with Gasteiger partial charge in [0.05, 0.1) is 12.2 Å². The summed E-state index contributed by atoms with van der Waals surface area (Å²) in [5.41, 5.74) is 0.650. The fraction of sp³-hybridized carbons (Fsp3) is 0.300. The van der Waals surface area contributed by atoms with Crippen molar-refractivity contribution >= 4 is 0 Å². The lowest BCUT2D eigenvalue weighted by Crippen LogP contribution is -1.96. The maximum Gasteiger partial charge on any atom is 0.123 e. The number of rotatable bonds is 3. The first-order valence-electron chi connectivity index (χ1n) is 4.04. The molecule has 0 aliphatic heterocycles. The van der Waals surface area contributed by atoms with Gasteiger partial charge in [-0.3, -0.25) is 0 Å². The quantitative estimate of drug-likeness (QED) is 0.772. The highest BCUT2D eigenvalue weighted by Gasteiger charge is 2.06. The average Bonchev–Trinajstić information content (AvgIpc) is 2.15. The van der Waals surface area contributed by atoms with Gasteiger partial charge < -0.3 is 5.11 Å². The van der Waals surface area contributed by atoms with Crippen LogP contribution in [0.15, 0.2) is 24.3 Å². The normalized spacial score (nSPS) is 12.1. The minimum Gasteiger partial charge on any atom is -0.388 e. The third kappa shape index (κ3) is 2.85. The van der Waals surface area contributed by atoms with Gasteiger partial charge in [-0.05, 0) is 24.1 Å². The Labute approximate surface area is 76.2 Å². The van der Waals surface area contributed by atoms with Crippen molar-refractivity contribution in [3.05, 3.63) is 35.6 Å². The van der Waals surface area contributed by atoms with Crippen molar-refractivity contribution in [2.75, 3.05) is 0 Å². The van der Waals surface area contributed by atoms with E-state index >= 15 is 0 Å². The zero-order valence-corrected chi connectivity index (χ0v) is 7.07. The summed E-state index contributed by atoms with van der Waals surface area (Å²) in [6, 6.07) is 7.59. The first kappa shape index (κ1) is 9.69. The molecule has 1 atom stereocenters. The fourth-order valence-corrected chi connectivity index (χ4v) is 1.05. The molecule has 1 unspecified atom stereocenters. The molecule has 0 aliphatic carbocycles. The van der Waals surface area contributed by atoms with Gasteiger partial charge in [0.1, 0.15) is 5.82 Å². The molecule has 0 bridgehead atoms. The van der Waals surface area contributed by atoms with E-state index < -0.39 is 6.10 Å². The van der Waals surface area contributed by atoms with Gasteiger partial charge in [0.2, 0.25) is 0 Å². The van der Waals surface area contributed by atoms with Crippen molar-refractivity contribution in [2.45, 2.75) is 18.9 Å². The summed E-state index contributed by atoms with van der Waals surface area (Å²) < 4.78 is 12.5. The molecule has 0 fully saturated rings. The largest absolute Gasteiger partial charge is 0.388 e. The molecule has 0 aromatic heterocycles. The molecule has 0 radical (unpaired) electrons. The van der Waals surface area contributed by atoms with Crippen molar-refractivity contribution in [2.24, 2.45) is 0 Å². The Morgan fingerprint density at radius 2 is 2.00 bits per heavy atom. The van der Waals surface area contributed by atoms with E-state index in [0.717, 1.165) is 0 Å². The lowest BCUT2D eigenvalue weighted by Gasteiger charge is -2.07. The SMILES string of the molecule is N#CCCC(O)c1ccc(F)cc1. The van der Waals surface area contributed by atoms with Crippen molar-refractivity contribution in [1.29, 1.82) is 5.26 Å². The van der Waals surface area contributed by atoms with Crippen LogP contribution >= 0.6 is 0 Å². The van der Waals surface area contributed by atoms with Gasteiger partial charge in [0.15, 0.2) is 0 Å². The third-order valence-corrected chi connectivity index (χ3v) is 1.78. The third-order valence-electron chi connectivity index (χ3n) is 1.78. The van der Waals surface area contributed by atoms with Gasteiger partial charge in [0.25, 0.3) is 0 Å².